The molecule has 4 rings (SSSR count). The van der Waals surface area contributed by atoms with E-state index in [1.807, 2.05) is 0 Å². The van der Waals surface area contributed by atoms with Crippen LogP contribution in [0.5, 0.6) is 0 Å². The standard InChI is InChI=1S/4C10H19N.3CH4/c1-7(2)9-5-10(8(3)4)11-6-9;1-8(2)10-6-5-7-11(10)9(3)4;1-7(2)9-5-6-11-10(9)8(3)4;1-7(2)9-5-6-10(11-9)8(3)4;;;/h5,7-9,11H,6H2,1-4H3;6,8-9H,5,7H2,1-4H3;7-8,11H,5-6H2,1-4H3;5,7-8,10-11H,6H2,1-4H3;3*1H4. The third kappa shape index (κ3) is 16.9. The molecule has 2 unspecified atom stereocenters. The molecule has 0 aromatic rings. The zero-order chi connectivity index (χ0) is 33.7. The molecular weight excluding hydrogens is 573 g/mol. The largest absolute Gasteiger partial charge is 0.388 e. The third-order valence-corrected chi connectivity index (χ3v) is 9.38. The summed E-state index contributed by atoms with van der Waals surface area (Å²) >= 11 is 0. The summed E-state index contributed by atoms with van der Waals surface area (Å²) in [5, 5.41) is 10.5. The van der Waals surface area contributed by atoms with Crippen LogP contribution in [-0.2, 0) is 0 Å². The van der Waals surface area contributed by atoms with E-state index in [1.165, 1.54) is 42.9 Å². The highest BCUT2D eigenvalue weighted by Gasteiger charge is 2.21. The first-order valence-corrected chi connectivity index (χ1v) is 18.3. The van der Waals surface area contributed by atoms with Crippen LogP contribution in [0, 0.1) is 47.3 Å². The van der Waals surface area contributed by atoms with Crippen molar-refractivity contribution in [2.45, 2.75) is 164 Å². The van der Waals surface area contributed by atoms with Gasteiger partial charge in [-0.2, -0.15) is 0 Å². The first-order chi connectivity index (χ1) is 20.5. The fourth-order valence-electron chi connectivity index (χ4n) is 6.31. The van der Waals surface area contributed by atoms with Crippen molar-refractivity contribution < 1.29 is 0 Å². The van der Waals surface area contributed by atoms with Crippen LogP contribution in [0.15, 0.2) is 46.6 Å². The Labute approximate surface area is 298 Å². The Morgan fingerprint density at radius 1 is 0.638 bits per heavy atom. The lowest BCUT2D eigenvalue weighted by molar-refractivity contribution is 0.285. The lowest BCUT2D eigenvalue weighted by Gasteiger charge is -2.28. The molecule has 0 radical (unpaired) electrons. The van der Waals surface area contributed by atoms with Gasteiger partial charge in [0.25, 0.3) is 0 Å². The van der Waals surface area contributed by atoms with E-state index in [0.29, 0.717) is 35.8 Å². The van der Waals surface area contributed by atoms with Gasteiger partial charge in [-0.25, -0.2) is 0 Å². The van der Waals surface area contributed by atoms with Crippen LogP contribution >= 0.6 is 0 Å². The number of nitrogens with zero attached hydrogens (tertiary/aromatic N) is 1. The highest BCUT2D eigenvalue weighted by atomic mass is 15.2. The van der Waals surface area contributed by atoms with E-state index < -0.39 is 0 Å². The monoisotopic (exact) mass is 661 g/mol. The fraction of sp³-hybridized carbons (Fsp3) is 0.814. The van der Waals surface area contributed by atoms with Crippen molar-refractivity contribution in [2.75, 3.05) is 19.6 Å². The summed E-state index contributed by atoms with van der Waals surface area (Å²) < 4.78 is 0. The highest BCUT2D eigenvalue weighted by molar-refractivity contribution is 5.21. The Bertz CT molecular complexity index is 925. The maximum Gasteiger partial charge on any atom is 0.0316 e. The van der Waals surface area contributed by atoms with Gasteiger partial charge in [0, 0.05) is 54.5 Å². The minimum absolute atomic E-state index is 0. The van der Waals surface area contributed by atoms with Crippen molar-refractivity contribution in [3.8, 4) is 0 Å². The van der Waals surface area contributed by atoms with Gasteiger partial charge in [-0.3, -0.25) is 0 Å². The van der Waals surface area contributed by atoms with Gasteiger partial charge in [-0.15, -0.1) is 0 Å². The topological polar surface area (TPSA) is 39.3 Å². The number of allylic oxidation sites excluding steroid dienone is 4. The van der Waals surface area contributed by atoms with E-state index >= 15 is 0 Å². The van der Waals surface area contributed by atoms with E-state index in [2.05, 4.69) is 150 Å². The molecule has 0 amide bonds. The molecular formula is C43H88N4. The quantitative estimate of drug-likeness (QED) is 0.242. The highest BCUT2D eigenvalue weighted by Crippen LogP contribution is 2.27. The first kappa shape index (κ1) is 49.5. The second-order valence-electron chi connectivity index (χ2n) is 15.9. The Hall–Kier alpha value is -1.84. The zero-order valence-electron chi connectivity index (χ0n) is 32.2. The van der Waals surface area contributed by atoms with E-state index in [0.717, 1.165) is 36.8 Å². The maximum absolute atomic E-state index is 3.55. The molecule has 0 aliphatic carbocycles. The van der Waals surface area contributed by atoms with Gasteiger partial charge in [0.1, 0.15) is 0 Å². The van der Waals surface area contributed by atoms with Gasteiger partial charge < -0.3 is 20.9 Å². The molecule has 0 saturated carbocycles. The van der Waals surface area contributed by atoms with Crippen LogP contribution in [-0.4, -0.2) is 36.6 Å². The SMILES string of the molecule is C.C.C.CC(C)C1=C(C(C)C)NCC1.CC(C)C1=CC(C(C)C)CN1.CC(C)C1=CCC(C(C)C)N1.CC(C)C1=CCCN1C(C)C. The Balaban J connectivity index is -0.000000538. The molecule has 2 atom stereocenters. The molecule has 4 aliphatic rings. The molecule has 0 saturated heterocycles. The minimum atomic E-state index is 0. The minimum Gasteiger partial charge on any atom is -0.388 e. The van der Waals surface area contributed by atoms with E-state index in [4.69, 9.17) is 0 Å². The summed E-state index contributed by atoms with van der Waals surface area (Å²) in [7, 11) is 0. The van der Waals surface area contributed by atoms with Gasteiger partial charge in [-0.1, -0.05) is 137 Å². The molecule has 4 heterocycles. The van der Waals surface area contributed by atoms with Crippen molar-refractivity contribution in [1.29, 1.82) is 0 Å². The van der Waals surface area contributed by atoms with Crippen molar-refractivity contribution in [1.82, 2.24) is 20.9 Å². The molecule has 0 aromatic carbocycles. The number of nitrogens with one attached hydrogen (secondary N) is 3. The summed E-state index contributed by atoms with van der Waals surface area (Å²) in [6.07, 6.45) is 10.8. The van der Waals surface area contributed by atoms with Crippen LogP contribution in [0.4, 0.5) is 0 Å². The molecule has 3 N–H and O–H groups in total. The molecule has 47 heavy (non-hydrogen) atoms. The summed E-state index contributed by atoms with van der Waals surface area (Å²) in [6.45, 7) is 39.7. The number of hydrogen-bond donors (Lipinski definition) is 3. The fourth-order valence-corrected chi connectivity index (χ4v) is 6.31. The molecule has 0 bridgehead atoms. The van der Waals surface area contributed by atoms with Crippen molar-refractivity contribution >= 4 is 0 Å². The maximum atomic E-state index is 3.55. The van der Waals surface area contributed by atoms with Gasteiger partial charge in [0.15, 0.2) is 0 Å². The molecule has 4 nitrogen and oxygen atoms in total. The Morgan fingerprint density at radius 2 is 1.21 bits per heavy atom. The normalized spacial score (nSPS) is 19.9. The van der Waals surface area contributed by atoms with Crippen LogP contribution in [0.1, 0.15) is 152 Å². The number of rotatable bonds is 8. The van der Waals surface area contributed by atoms with Crippen LogP contribution in [0.25, 0.3) is 0 Å². The summed E-state index contributed by atoms with van der Waals surface area (Å²) in [5.74, 6) is 5.71. The van der Waals surface area contributed by atoms with Gasteiger partial charge in [0.05, 0.1) is 0 Å². The summed E-state index contributed by atoms with van der Waals surface area (Å²) in [6, 6.07) is 1.36. The Morgan fingerprint density at radius 3 is 1.51 bits per heavy atom. The van der Waals surface area contributed by atoms with Crippen molar-refractivity contribution in [3.63, 3.8) is 0 Å². The third-order valence-electron chi connectivity index (χ3n) is 9.38. The molecule has 4 aliphatic heterocycles. The molecule has 280 valence electrons. The molecule has 0 fully saturated rings. The lowest BCUT2D eigenvalue weighted by Crippen LogP contribution is -2.29. The summed E-state index contributed by atoms with van der Waals surface area (Å²) in [5.41, 5.74) is 7.55. The van der Waals surface area contributed by atoms with Crippen molar-refractivity contribution in [2.24, 2.45) is 47.3 Å². The second kappa shape index (κ2) is 24.3. The number of hydrogen-bond acceptors (Lipinski definition) is 4. The van der Waals surface area contributed by atoms with Crippen LogP contribution in [0.2, 0.25) is 0 Å². The Kier molecular flexibility index (Phi) is 25.6. The summed E-state index contributed by atoms with van der Waals surface area (Å²) in [4.78, 5) is 2.50. The predicted octanol–water partition coefficient (Wildman–Crippen LogP) is 12.0. The van der Waals surface area contributed by atoms with Crippen LogP contribution in [0.3, 0.4) is 0 Å². The average Bonchev–Trinajstić information content (AvgIpc) is 3.75. The first-order valence-electron chi connectivity index (χ1n) is 18.3. The molecule has 0 aromatic heterocycles. The second-order valence-corrected chi connectivity index (χ2v) is 15.9. The van der Waals surface area contributed by atoms with Gasteiger partial charge in [0.2, 0.25) is 0 Å². The van der Waals surface area contributed by atoms with E-state index in [-0.39, 0.29) is 22.3 Å². The van der Waals surface area contributed by atoms with E-state index in [9.17, 15) is 0 Å². The van der Waals surface area contributed by atoms with Gasteiger partial charge in [-0.05, 0) is 86.0 Å². The van der Waals surface area contributed by atoms with Crippen molar-refractivity contribution in [3.05, 3.63) is 46.6 Å². The zero-order valence-corrected chi connectivity index (χ0v) is 32.2. The smallest absolute Gasteiger partial charge is 0.0316 e. The molecule has 0 spiro atoms. The van der Waals surface area contributed by atoms with Crippen LogP contribution < -0.4 is 16.0 Å². The van der Waals surface area contributed by atoms with Gasteiger partial charge >= 0.3 is 0 Å². The predicted molar refractivity (Wildman–Crippen MR) is 217 cm³/mol. The van der Waals surface area contributed by atoms with E-state index in [1.54, 1.807) is 11.3 Å². The molecule has 4 heteroatoms. The lowest BCUT2D eigenvalue weighted by atomic mass is 9.96. The average molecular weight is 661 g/mol.